The molecular weight excluding hydrogens is 242 g/mol. The van der Waals surface area contributed by atoms with Crippen LogP contribution in [0.1, 0.15) is 13.3 Å². The van der Waals surface area contributed by atoms with Crippen LogP contribution in [0.5, 0.6) is 0 Å². The fourth-order valence-corrected chi connectivity index (χ4v) is 3.07. The summed E-state index contributed by atoms with van der Waals surface area (Å²) in [5.74, 6) is 0.243. The quantitative estimate of drug-likeness (QED) is 0.705. The summed E-state index contributed by atoms with van der Waals surface area (Å²) >= 11 is 0. The molecule has 0 aliphatic carbocycles. The van der Waals surface area contributed by atoms with Crippen LogP contribution in [0.4, 0.5) is 0 Å². The van der Waals surface area contributed by atoms with Crippen LogP contribution in [-0.4, -0.2) is 74.2 Å². The van der Waals surface area contributed by atoms with Gasteiger partial charge < -0.3 is 15.0 Å². The Hall–Kier alpha value is -0.910. The van der Waals surface area contributed by atoms with E-state index in [-0.39, 0.29) is 5.91 Å². The molecule has 3 fully saturated rings. The van der Waals surface area contributed by atoms with E-state index in [2.05, 4.69) is 10.2 Å². The fraction of sp³-hybridized carbons (Fsp3) is 0.786. The Balaban J connectivity index is 1.57. The van der Waals surface area contributed by atoms with Gasteiger partial charge in [-0.25, -0.2) is 0 Å². The third-order valence-corrected chi connectivity index (χ3v) is 4.54. The number of nitrogens with one attached hydrogen (secondary N) is 1. The minimum atomic E-state index is 0.243. The Bertz CT molecular complexity index is 382. The summed E-state index contributed by atoms with van der Waals surface area (Å²) in [5, 5.41) is 3.20. The first-order chi connectivity index (χ1) is 9.25. The van der Waals surface area contributed by atoms with Crippen molar-refractivity contribution in [1.82, 2.24) is 15.1 Å². The molecule has 5 heteroatoms. The number of likely N-dealkylation sites (tertiary alicyclic amines) is 1. The molecule has 1 N–H and O–H groups in total. The van der Waals surface area contributed by atoms with Gasteiger partial charge in [0.05, 0.1) is 13.2 Å². The standard InChI is InChI=1S/C14H23N3O2/c1-11(12-8-15-9-12)14(18)17-3-2-13(10-17)16-4-6-19-7-5-16/h13,15H,2-10H2,1H3. The molecule has 0 radical (unpaired) electrons. The van der Waals surface area contributed by atoms with Gasteiger partial charge in [-0.3, -0.25) is 9.69 Å². The van der Waals surface area contributed by atoms with Crippen LogP contribution < -0.4 is 5.32 Å². The van der Waals surface area contributed by atoms with Crippen molar-refractivity contribution in [2.75, 3.05) is 52.5 Å². The van der Waals surface area contributed by atoms with E-state index in [1.165, 1.54) is 5.57 Å². The molecule has 0 bridgehead atoms. The van der Waals surface area contributed by atoms with Crippen molar-refractivity contribution < 1.29 is 9.53 Å². The van der Waals surface area contributed by atoms with Crippen LogP contribution in [0.2, 0.25) is 0 Å². The van der Waals surface area contributed by atoms with Crippen LogP contribution in [0, 0.1) is 0 Å². The lowest BCUT2D eigenvalue weighted by atomic mass is 10.0. The number of carbonyl (C=O) groups is 1. The lowest BCUT2D eigenvalue weighted by Crippen LogP contribution is -2.45. The third kappa shape index (κ3) is 2.68. The van der Waals surface area contributed by atoms with E-state index in [1.807, 2.05) is 11.8 Å². The average molecular weight is 265 g/mol. The van der Waals surface area contributed by atoms with E-state index in [4.69, 9.17) is 4.74 Å². The number of amides is 1. The molecular formula is C14H23N3O2. The van der Waals surface area contributed by atoms with Gasteiger partial charge in [0.25, 0.3) is 0 Å². The minimum Gasteiger partial charge on any atom is -0.379 e. The fourth-order valence-electron chi connectivity index (χ4n) is 3.07. The van der Waals surface area contributed by atoms with Crippen LogP contribution in [0.25, 0.3) is 0 Å². The van der Waals surface area contributed by atoms with Gasteiger partial charge in [-0.1, -0.05) is 0 Å². The van der Waals surface area contributed by atoms with Crippen LogP contribution >= 0.6 is 0 Å². The monoisotopic (exact) mass is 265 g/mol. The van der Waals surface area contributed by atoms with Gasteiger partial charge in [-0.15, -0.1) is 0 Å². The maximum absolute atomic E-state index is 12.4. The molecule has 0 aromatic carbocycles. The number of hydrogen-bond donors (Lipinski definition) is 1. The Morgan fingerprint density at radius 1 is 1.26 bits per heavy atom. The number of morpholine rings is 1. The molecule has 5 nitrogen and oxygen atoms in total. The first kappa shape index (κ1) is 13.1. The number of rotatable bonds is 2. The molecule has 3 aliphatic rings. The predicted octanol–water partition coefficient (Wildman–Crippen LogP) is -0.161. The van der Waals surface area contributed by atoms with Crippen molar-refractivity contribution in [3.63, 3.8) is 0 Å². The highest BCUT2D eigenvalue weighted by Gasteiger charge is 2.32. The lowest BCUT2D eigenvalue weighted by Gasteiger charge is -2.32. The highest BCUT2D eigenvalue weighted by atomic mass is 16.5. The highest BCUT2D eigenvalue weighted by Crippen LogP contribution is 2.20. The van der Waals surface area contributed by atoms with Crippen molar-refractivity contribution in [3.05, 3.63) is 11.1 Å². The second kappa shape index (κ2) is 5.61. The Morgan fingerprint density at radius 3 is 2.63 bits per heavy atom. The number of carbonyl (C=O) groups excluding carboxylic acids is 1. The Morgan fingerprint density at radius 2 is 2.00 bits per heavy atom. The molecule has 1 unspecified atom stereocenters. The van der Waals surface area contributed by atoms with E-state index < -0.39 is 0 Å². The molecule has 106 valence electrons. The first-order valence-corrected chi connectivity index (χ1v) is 7.26. The Kier molecular flexibility index (Phi) is 3.86. The van der Waals surface area contributed by atoms with Gasteiger partial charge >= 0.3 is 0 Å². The van der Waals surface area contributed by atoms with Crippen LogP contribution in [0.3, 0.4) is 0 Å². The van der Waals surface area contributed by atoms with E-state index >= 15 is 0 Å². The van der Waals surface area contributed by atoms with Crippen LogP contribution in [-0.2, 0) is 9.53 Å². The molecule has 3 heterocycles. The Labute approximate surface area is 114 Å². The van der Waals surface area contributed by atoms with Gasteiger partial charge in [0.1, 0.15) is 0 Å². The molecule has 1 atom stereocenters. The zero-order chi connectivity index (χ0) is 13.2. The van der Waals surface area contributed by atoms with Gasteiger partial charge in [0, 0.05) is 50.9 Å². The maximum atomic E-state index is 12.4. The molecule has 19 heavy (non-hydrogen) atoms. The van der Waals surface area contributed by atoms with Crippen molar-refractivity contribution in [1.29, 1.82) is 0 Å². The van der Waals surface area contributed by atoms with Gasteiger partial charge in [0.2, 0.25) is 5.91 Å². The molecule has 0 saturated carbocycles. The van der Waals surface area contributed by atoms with Crippen molar-refractivity contribution in [2.24, 2.45) is 0 Å². The second-order valence-electron chi connectivity index (χ2n) is 5.67. The molecule has 0 spiro atoms. The summed E-state index contributed by atoms with van der Waals surface area (Å²) in [6.07, 6.45) is 1.10. The van der Waals surface area contributed by atoms with E-state index in [1.54, 1.807) is 0 Å². The summed E-state index contributed by atoms with van der Waals surface area (Å²) in [4.78, 5) is 16.9. The number of ether oxygens (including phenoxy) is 1. The summed E-state index contributed by atoms with van der Waals surface area (Å²) < 4.78 is 5.39. The molecule has 3 saturated heterocycles. The van der Waals surface area contributed by atoms with Crippen molar-refractivity contribution in [3.8, 4) is 0 Å². The SMILES string of the molecule is CC(C(=O)N1CCC(N2CCOCC2)C1)=C1CNC1. The summed E-state index contributed by atoms with van der Waals surface area (Å²) in [7, 11) is 0. The zero-order valence-corrected chi connectivity index (χ0v) is 11.7. The third-order valence-electron chi connectivity index (χ3n) is 4.54. The summed E-state index contributed by atoms with van der Waals surface area (Å²) in [6.45, 7) is 9.22. The smallest absolute Gasteiger partial charge is 0.249 e. The predicted molar refractivity (Wildman–Crippen MR) is 72.9 cm³/mol. The number of hydrogen-bond acceptors (Lipinski definition) is 4. The maximum Gasteiger partial charge on any atom is 0.249 e. The van der Waals surface area contributed by atoms with Gasteiger partial charge in [-0.05, 0) is 18.9 Å². The molecule has 3 aliphatic heterocycles. The van der Waals surface area contributed by atoms with Gasteiger partial charge in [0.15, 0.2) is 0 Å². The second-order valence-corrected chi connectivity index (χ2v) is 5.67. The lowest BCUT2D eigenvalue weighted by molar-refractivity contribution is -0.126. The topological polar surface area (TPSA) is 44.8 Å². The average Bonchev–Trinajstić information content (AvgIpc) is 2.86. The number of nitrogens with zero attached hydrogens (tertiary/aromatic N) is 2. The van der Waals surface area contributed by atoms with Gasteiger partial charge in [-0.2, -0.15) is 0 Å². The first-order valence-electron chi connectivity index (χ1n) is 7.26. The van der Waals surface area contributed by atoms with Crippen molar-refractivity contribution in [2.45, 2.75) is 19.4 Å². The largest absolute Gasteiger partial charge is 0.379 e. The molecule has 0 aromatic rings. The minimum absolute atomic E-state index is 0.243. The van der Waals surface area contributed by atoms with Crippen molar-refractivity contribution >= 4 is 5.91 Å². The van der Waals surface area contributed by atoms with Crippen LogP contribution in [0.15, 0.2) is 11.1 Å². The molecule has 3 rings (SSSR count). The normalized spacial score (nSPS) is 28.4. The molecule has 1 amide bonds. The van der Waals surface area contributed by atoms with E-state index in [9.17, 15) is 4.79 Å². The zero-order valence-electron chi connectivity index (χ0n) is 11.7. The summed E-state index contributed by atoms with van der Waals surface area (Å²) in [6, 6.07) is 0.533. The summed E-state index contributed by atoms with van der Waals surface area (Å²) in [5.41, 5.74) is 2.24. The van der Waals surface area contributed by atoms with E-state index in [0.717, 1.165) is 64.5 Å². The van der Waals surface area contributed by atoms with E-state index in [0.29, 0.717) is 6.04 Å². The molecule has 0 aromatic heterocycles. The highest BCUT2D eigenvalue weighted by molar-refractivity contribution is 5.94.